The summed E-state index contributed by atoms with van der Waals surface area (Å²) in [6.45, 7) is 3.18. The quantitative estimate of drug-likeness (QED) is 0.892. The van der Waals surface area contributed by atoms with Gasteiger partial charge in [-0.05, 0) is 50.3 Å². The molecule has 6 heteroatoms. The highest BCUT2D eigenvalue weighted by Crippen LogP contribution is 2.26. The molecule has 0 bridgehead atoms. The number of rotatable bonds is 4. The molecule has 2 aliphatic rings. The van der Waals surface area contributed by atoms with Crippen LogP contribution in [0.2, 0.25) is 0 Å². The lowest BCUT2D eigenvalue weighted by atomic mass is 10.1. The van der Waals surface area contributed by atoms with E-state index >= 15 is 0 Å². The fourth-order valence-electron chi connectivity index (χ4n) is 2.87. The van der Waals surface area contributed by atoms with Gasteiger partial charge in [0.1, 0.15) is 12.2 Å². The van der Waals surface area contributed by atoms with Gasteiger partial charge < -0.3 is 20.1 Å². The molecule has 0 radical (unpaired) electrons. The minimum Gasteiger partial charge on any atom is -0.368 e. The maximum absolute atomic E-state index is 12.2. The molecule has 6 nitrogen and oxygen atoms in total. The van der Waals surface area contributed by atoms with Crippen LogP contribution in [0, 0.1) is 6.92 Å². The summed E-state index contributed by atoms with van der Waals surface area (Å²) in [5.74, 6) is -0.334. The Morgan fingerprint density at radius 2 is 1.52 bits per heavy atom. The van der Waals surface area contributed by atoms with Gasteiger partial charge in [-0.1, -0.05) is 6.07 Å². The fourth-order valence-corrected chi connectivity index (χ4v) is 2.87. The van der Waals surface area contributed by atoms with Gasteiger partial charge in [-0.2, -0.15) is 0 Å². The first-order valence-electron chi connectivity index (χ1n) is 8.09. The van der Waals surface area contributed by atoms with E-state index in [2.05, 4.69) is 10.6 Å². The first-order chi connectivity index (χ1) is 11.1. The van der Waals surface area contributed by atoms with Gasteiger partial charge in [0, 0.05) is 13.2 Å². The number of aryl methyl sites for hydroxylation is 1. The Morgan fingerprint density at radius 3 is 2.04 bits per heavy atom. The standard InChI is InChI=1S/C17H22N2O4/c1-11-6-7-12(18-16(20)14-4-2-8-22-14)13(10-11)19-17(21)15-5-3-9-23-15/h6-7,10,14-15H,2-5,8-9H2,1H3,(H,18,20)(H,19,21)/t14-,15+/m0/s1. The largest absolute Gasteiger partial charge is 0.368 e. The zero-order valence-corrected chi connectivity index (χ0v) is 13.3. The van der Waals surface area contributed by atoms with E-state index in [1.54, 1.807) is 6.07 Å². The lowest BCUT2D eigenvalue weighted by Gasteiger charge is -2.17. The second-order valence-electron chi connectivity index (χ2n) is 6.03. The van der Waals surface area contributed by atoms with Crippen LogP contribution < -0.4 is 10.6 Å². The number of benzene rings is 1. The van der Waals surface area contributed by atoms with Crippen molar-refractivity contribution in [1.29, 1.82) is 0 Å². The van der Waals surface area contributed by atoms with E-state index in [9.17, 15) is 9.59 Å². The first-order valence-corrected chi connectivity index (χ1v) is 8.09. The molecule has 23 heavy (non-hydrogen) atoms. The summed E-state index contributed by atoms with van der Waals surface area (Å²) in [6.07, 6.45) is 2.45. The molecule has 0 saturated carbocycles. The highest BCUT2D eigenvalue weighted by molar-refractivity contribution is 6.02. The average Bonchev–Trinajstić information content (AvgIpc) is 3.23. The second-order valence-corrected chi connectivity index (χ2v) is 6.03. The Kier molecular flexibility index (Phi) is 4.93. The molecule has 2 amide bonds. The third kappa shape index (κ3) is 3.89. The zero-order valence-electron chi connectivity index (χ0n) is 13.3. The molecule has 0 aromatic heterocycles. The fraction of sp³-hybridized carbons (Fsp3) is 0.529. The molecule has 2 fully saturated rings. The first kappa shape index (κ1) is 16.0. The number of amides is 2. The van der Waals surface area contributed by atoms with E-state index < -0.39 is 12.2 Å². The van der Waals surface area contributed by atoms with Crippen LogP contribution in [0.3, 0.4) is 0 Å². The van der Waals surface area contributed by atoms with Gasteiger partial charge in [-0.15, -0.1) is 0 Å². The van der Waals surface area contributed by atoms with Gasteiger partial charge in [0.15, 0.2) is 0 Å². The van der Waals surface area contributed by atoms with Gasteiger partial charge in [0.25, 0.3) is 11.8 Å². The Balaban J connectivity index is 1.71. The van der Waals surface area contributed by atoms with Crippen LogP contribution in [0.1, 0.15) is 31.2 Å². The van der Waals surface area contributed by atoms with Gasteiger partial charge in [0.05, 0.1) is 11.4 Å². The smallest absolute Gasteiger partial charge is 0.253 e. The van der Waals surface area contributed by atoms with E-state index in [1.807, 2.05) is 19.1 Å². The number of nitrogens with one attached hydrogen (secondary N) is 2. The van der Waals surface area contributed by atoms with E-state index in [1.165, 1.54) is 0 Å². The lowest BCUT2D eigenvalue weighted by Crippen LogP contribution is -2.29. The van der Waals surface area contributed by atoms with Crippen molar-refractivity contribution in [1.82, 2.24) is 0 Å². The van der Waals surface area contributed by atoms with E-state index in [4.69, 9.17) is 9.47 Å². The number of ether oxygens (including phenoxy) is 2. The number of carbonyl (C=O) groups excluding carboxylic acids is 2. The Hall–Kier alpha value is -1.92. The molecule has 2 aliphatic heterocycles. The summed E-state index contributed by atoms with van der Waals surface area (Å²) in [6, 6.07) is 5.54. The van der Waals surface area contributed by atoms with Crippen LogP contribution in [0.5, 0.6) is 0 Å². The molecule has 0 aliphatic carbocycles. The van der Waals surface area contributed by atoms with Gasteiger partial charge in [-0.3, -0.25) is 9.59 Å². The number of hydrogen-bond donors (Lipinski definition) is 2. The maximum atomic E-state index is 12.2. The summed E-state index contributed by atoms with van der Waals surface area (Å²) >= 11 is 0. The van der Waals surface area contributed by atoms with Crippen molar-refractivity contribution >= 4 is 23.2 Å². The SMILES string of the molecule is Cc1ccc(NC(=O)[C@@H]2CCCO2)c(NC(=O)[C@H]2CCCO2)c1. The van der Waals surface area contributed by atoms with Crippen LogP contribution in [0.25, 0.3) is 0 Å². The Bertz CT molecular complexity index is 590. The van der Waals surface area contributed by atoms with E-state index in [0.29, 0.717) is 24.6 Å². The van der Waals surface area contributed by atoms with Crippen LogP contribution >= 0.6 is 0 Å². The minimum absolute atomic E-state index is 0.166. The molecule has 0 spiro atoms. The van der Waals surface area contributed by atoms with E-state index in [-0.39, 0.29) is 11.8 Å². The van der Waals surface area contributed by atoms with Crippen LogP contribution in [0.15, 0.2) is 18.2 Å². The molecular weight excluding hydrogens is 296 g/mol. The lowest BCUT2D eigenvalue weighted by molar-refractivity contribution is -0.125. The molecule has 2 saturated heterocycles. The highest BCUT2D eigenvalue weighted by Gasteiger charge is 2.26. The zero-order chi connectivity index (χ0) is 16.2. The van der Waals surface area contributed by atoms with E-state index in [0.717, 1.165) is 31.2 Å². The Labute approximate surface area is 135 Å². The third-order valence-electron chi connectivity index (χ3n) is 4.14. The number of carbonyl (C=O) groups is 2. The minimum atomic E-state index is -0.405. The van der Waals surface area contributed by atoms with Crippen molar-refractivity contribution in [2.75, 3.05) is 23.8 Å². The summed E-state index contributed by atoms with van der Waals surface area (Å²) in [4.78, 5) is 24.5. The molecule has 1 aromatic rings. The molecule has 124 valence electrons. The maximum Gasteiger partial charge on any atom is 0.253 e. The van der Waals surface area contributed by atoms with Crippen molar-refractivity contribution in [2.45, 2.75) is 44.8 Å². The molecule has 2 heterocycles. The predicted octanol–water partition coefficient (Wildman–Crippen LogP) is 2.23. The van der Waals surface area contributed by atoms with Crippen molar-refractivity contribution in [3.63, 3.8) is 0 Å². The Morgan fingerprint density at radius 1 is 0.957 bits per heavy atom. The molecule has 0 unspecified atom stereocenters. The van der Waals surface area contributed by atoms with Crippen molar-refractivity contribution in [2.24, 2.45) is 0 Å². The normalized spacial score (nSPS) is 23.7. The van der Waals surface area contributed by atoms with Crippen molar-refractivity contribution in [3.05, 3.63) is 23.8 Å². The summed E-state index contributed by atoms with van der Waals surface area (Å²) in [5.41, 5.74) is 2.18. The summed E-state index contributed by atoms with van der Waals surface area (Å²) < 4.78 is 10.8. The average molecular weight is 318 g/mol. The summed E-state index contributed by atoms with van der Waals surface area (Å²) in [7, 11) is 0. The number of hydrogen-bond acceptors (Lipinski definition) is 4. The molecule has 2 N–H and O–H groups in total. The van der Waals surface area contributed by atoms with Gasteiger partial charge >= 0.3 is 0 Å². The molecule has 2 atom stereocenters. The van der Waals surface area contributed by atoms with Crippen LogP contribution in [-0.4, -0.2) is 37.2 Å². The highest BCUT2D eigenvalue weighted by atomic mass is 16.5. The van der Waals surface area contributed by atoms with Crippen molar-refractivity contribution < 1.29 is 19.1 Å². The molecular formula is C17H22N2O4. The van der Waals surface area contributed by atoms with Gasteiger partial charge in [-0.25, -0.2) is 0 Å². The van der Waals surface area contributed by atoms with Crippen molar-refractivity contribution in [3.8, 4) is 0 Å². The number of anilines is 2. The predicted molar refractivity (Wildman–Crippen MR) is 86.4 cm³/mol. The molecule has 1 aromatic carbocycles. The van der Waals surface area contributed by atoms with Gasteiger partial charge in [0.2, 0.25) is 0 Å². The monoisotopic (exact) mass is 318 g/mol. The second kappa shape index (κ2) is 7.10. The van der Waals surface area contributed by atoms with Crippen LogP contribution in [-0.2, 0) is 19.1 Å². The third-order valence-corrected chi connectivity index (χ3v) is 4.14. The molecule has 3 rings (SSSR count). The van der Waals surface area contributed by atoms with Crippen LogP contribution in [0.4, 0.5) is 11.4 Å². The summed E-state index contributed by atoms with van der Waals surface area (Å²) in [5, 5.41) is 5.73. The topological polar surface area (TPSA) is 76.7 Å².